The van der Waals surface area contributed by atoms with Gasteiger partial charge >= 0.3 is 0 Å². The SMILES string of the molecule is CCCCCCCCCCCC1NC=CN1C(C)O. The molecular formula is C16H32N2O. The van der Waals surface area contributed by atoms with Crippen molar-refractivity contribution >= 4 is 0 Å². The molecule has 0 saturated heterocycles. The number of aliphatic hydroxyl groups is 1. The van der Waals surface area contributed by atoms with Crippen LogP contribution in [0.2, 0.25) is 0 Å². The number of nitrogens with one attached hydrogen (secondary N) is 1. The highest BCUT2D eigenvalue weighted by Crippen LogP contribution is 2.16. The topological polar surface area (TPSA) is 35.5 Å². The maximum atomic E-state index is 9.60. The van der Waals surface area contributed by atoms with Crippen molar-refractivity contribution in [1.82, 2.24) is 10.2 Å². The van der Waals surface area contributed by atoms with E-state index in [-0.39, 0.29) is 0 Å². The molecule has 0 amide bonds. The number of hydrogen-bond donors (Lipinski definition) is 2. The smallest absolute Gasteiger partial charge is 0.125 e. The number of aliphatic hydroxyl groups excluding tert-OH is 1. The summed E-state index contributed by atoms with van der Waals surface area (Å²) in [7, 11) is 0. The lowest BCUT2D eigenvalue weighted by Gasteiger charge is -2.28. The fourth-order valence-electron chi connectivity index (χ4n) is 2.70. The van der Waals surface area contributed by atoms with Crippen molar-refractivity contribution in [1.29, 1.82) is 0 Å². The van der Waals surface area contributed by atoms with E-state index in [2.05, 4.69) is 12.2 Å². The van der Waals surface area contributed by atoms with E-state index in [9.17, 15) is 5.11 Å². The highest BCUT2D eigenvalue weighted by molar-refractivity contribution is 4.94. The van der Waals surface area contributed by atoms with Gasteiger partial charge in [-0.15, -0.1) is 0 Å². The second-order valence-corrected chi connectivity index (χ2v) is 5.69. The summed E-state index contributed by atoms with van der Waals surface area (Å²) in [6, 6.07) is 0. The first kappa shape index (κ1) is 16.4. The lowest BCUT2D eigenvalue weighted by molar-refractivity contribution is 0.0254. The van der Waals surface area contributed by atoms with Crippen LogP contribution in [0.25, 0.3) is 0 Å². The molecule has 2 unspecified atom stereocenters. The minimum atomic E-state index is -0.394. The Hall–Kier alpha value is -0.700. The van der Waals surface area contributed by atoms with Gasteiger partial charge in [-0.1, -0.05) is 58.3 Å². The van der Waals surface area contributed by atoms with Crippen molar-refractivity contribution in [3.8, 4) is 0 Å². The Kier molecular flexibility index (Phi) is 8.72. The standard InChI is InChI=1S/C16H32N2O/c1-3-4-5-6-7-8-9-10-11-12-16-17-13-14-18(16)15(2)19/h13-17,19H,3-12H2,1-2H3. The van der Waals surface area contributed by atoms with Crippen molar-refractivity contribution in [3.05, 3.63) is 12.4 Å². The Labute approximate surface area is 119 Å². The van der Waals surface area contributed by atoms with Gasteiger partial charge in [-0.3, -0.25) is 0 Å². The quantitative estimate of drug-likeness (QED) is 0.557. The summed E-state index contributed by atoms with van der Waals surface area (Å²) in [6.07, 6.45) is 17.2. The molecule has 2 atom stereocenters. The Bertz CT molecular complexity index is 241. The largest absolute Gasteiger partial charge is 0.374 e. The zero-order chi connectivity index (χ0) is 13.9. The molecule has 1 rings (SSSR count). The molecule has 0 spiro atoms. The highest BCUT2D eigenvalue weighted by Gasteiger charge is 2.20. The van der Waals surface area contributed by atoms with Crippen LogP contribution in [0.3, 0.4) is 0 Å². The normalized spacial score (nSPS) is 19.7. The van der Waals surface area contributed by atoms with Crippen LogP contribution in [0.15, 0.2) is 12.4 Å². The van der Waals surface area contributed by atoms with Gasteiger partial charge in [-0.05, 0) is 19.8 Å². The van der Waals surface area contributed by atoms with E-state index in [1.54, 1.807) is 0 Å². The molecule has 3 nitrogen and oxygen atoms in total. The monoisotopic (exact) mass is 268 g/mol. The molecule has 0 aromatic rings. The van der Waals surface area contributed by atoms with Crippen LogP contribution in [-0.4, -0.2) is 22.4 Å². The molecule has 3 heteroatoms. The van der Waals surface area contributed by atoms with Crippen molar-refractivity contribution < 1.29 is 5.11 Å². The van der Waals surface area contributed by atoms with E-state index in [0.29, 0.717) is 6.17 Å². The van der Waals surface area contributed by atoms with E-state index < -0.39 is 6.23 Å². The lowest BCUT2D eigenvalue weighted by Crippen LogP contribution is -2.40. The summed E-state index contributed by atoms with van der Waals surface area (Å²) in [6.45, 7) is 4.09. The molecule has 1 aliphatic rings. The zero-order valence-corrected chi connectivity index (χ0v) is 12.8. The minimum absolute atomic E-state index is 0.296. The second-order valence-electron chi connectivity index (χ2n) is 5.69. The van der Waals surface area contributed by atoms with Gasteiger partial charge in [-0.2, -0.15) is 0 Å². The first-order valence-electron chi connectivity index (χ1n) is 8.14. The maximum absolute atomic E-state index is 9.60. The molecule has 0 saturated carbocycles. The van der Waals surface area contributed by atoms with Gasteiger partial charge in [0.05, 0.1) is 0 Å². The van der Waals surface area contributed by atoms with Crippen LogP contribution in [0, 0.1) is 0 Å². The first-order valence-corrected chi connectivity index (χ1v) is 8.14. The van der Waals surface area contributed by atoms with E-state index >= 15 is 0 Å². The number of hydrogen-bond acceptors (Lipinski definition) is 3. The maximum Gasteiger partial charge on any atom is 0.125 e. The molecule has 2 N–H and O–H groups in total. The van der Waals surface area contributed by atoms with E-state index in [1.807, 2.05) is 24.2 Å². The Balaban J connectivity index is 1.91. The van der Waals surface area contributed by atoms with Crippen molar-refractivity contribution in [3.63, 3.8) is 0 Å². The number of nitrogens with zero attached hydrogens (tertiary/aromatic N) is 1. The molecule has 0 aliphatic carbocycles. The van der Waals surface area contributed by atoms with Gasteiger partial charge in [0.1, 0.15) is 12.4 Å². The van der Waals surface area contributed by atoms with Gasteiger partial charge < -0.3 is 15.3 Å². The van der Waals surface area contributed by atoms with E-state index in [1.165, 1.54) is 57.8 Å². The number of rotatable bonds is 11. The van der Waals surface area contributed by atoms with Crippen LogP contribution >= 0.6 is 0 Å². The third-order valence-electron chi connectivity index (χ3n) is 3.91. The summed E-state index contributed by atoms with van der Waals surface area (Å²) in [4.78, 5) is 1.99. The summed E-state index contributed by atoms with van der Waals surface area (Å²) in [5.41, 5.74) is 0. The van der Waals surface area contributed by atoms with Crippen LogP contribution in [-0.2, 0) is 0 Å². The third-order valence-corrected chi connectivity index (χ3v) is 3.91. The summed E-state index contributed by atoms with van der Waals surface area (Å²) in [5.74, 6) is 0. The predicted molar refractivity (Wildman–Crippen MR) is 81.4 cm³/mol. The molecule has 1 aliphatic heterocycles. The predicted octanol–water partition coefficient (Wildman–Crippen LogP) is 3.95. The van der Waals surface area contributed by atoms with Crippen molar-refractivity contribution in [2.24, 2.45) is 0 Å². The minimum Gasteiger partial charge on any atom is -0.374 e. The summed E-state index contributed by atoms with van der Waals surface area (Å²) >= 11 is 0. The molecule has 1 heterocycles. The Morgan fingerprint density at radius 1 is 1.05 bits per heavy atom. The van der Waals surface area contributed by atoms with Gasteiger partial charge in [0.15, 0.2) is 0 Å². The third kappa shape index (κ3) is 6.86. The number of unbranched alkanes of at least 4 members (excludes halogenated alkanes) is 8. The van der Waals surface area contributed by atoms with Crippen molar-refractivity contribution in [2.75, 3.05) is 0 Å². The van der Waals surface area contributed by atoms with Gasteiger partial charge in [0.25, 0.3) is 0 Å². The van der Waals surface area contributed by atoms with Crippen LogP contribution in [0.5, 0.6) is 0 Å². The highest BCUT2D eigenvalue weighted by atomic mass is 16.3. The summed E-state index contributed by atoms with van der Waals surface area (Å²) in [5, 5.41) is 12.9. The average Bonchev–Trinajstić information content (AvgIpc) is 2.85. The Morgan fingerprint density at radius 3 is 2.21 bits per heavy atom. The molecular weight excluding hydrogens is 236 g/mol. The van der Waals surface area contributed by atoms with Crippen LogP contribution in [0.1, 0.15) is 78.1 Å². The van der Waals surface area contributed by atoms with Gasteiger partial charge in [-0.25, -0.2) is 0 Å². The molecule has 0 aromatic carbocycles. The van der Waals surface area contributed by atoms with E-state index in [0.717, 1.165) is 6.42 Å². The van der Waals surface area contributed by atoms with Gasteiger partial charge in [0.2, 0.25) is 0 Å². The summed E-state index contributed by atoms with van der Waals surface area (Å²) < 4.78 is 0. The molecule has 0 radical (unpaired) electrons. The fraction of sp³-hybridized carbons (Fsp3) is 0.875. The first-order chi connectivity index (χ1) is 9.25. The molecule has 0 bridgehead atoms. The van der Waals surface area contributed by atoms with Crippen LogP contribution < -0.4 is 5.32 Å². The lowest BCUT2D eigenvalue weighted by atomic mass is 10.1. The van der Waals surface area contributed by atoms with Crippen molar-refractivity contribution in [2.45, 2.75) is 90.4 Å². The molecule has 0 fully saturated rings. The Morgan fingerprint density at radius 2 is 1.63 bits per heavy atom. The fourth-order valence-corrected chi connectivity index (χ4v) is 2.70. The molecule has 19 heavy (non-hydrogen) atoms. The van der Waals surface area contributed by atoms with Crippen LogP contribution in [0.4, 0.5) is 0 Å². The second kappa shape index (κ2) is 10.1. The zero-order valence-electron chi connectivity index (χ0n) is 12.8. The van der Waals surface area contributed by atoms with E-state index in [4.69, 9.17) is 0 Å². The van der Waals surface area contributed by atoms with Gasteiger partial charge in [0, 0.05) is 12.4 Å². The molecule has 0 aromatic heterocycles. The average molecular weight is 268 g/mol. The molecule has 112 valence electrons.